The lowest BCUT2D eigenvalue weighted by Crippen LogP contribution is -2.06. The minimum atomic E-state index is -0.00625. The van der Waals surface area contributed by atoms with Gasteiger partial charge in [-0.2, -0.15) is 10.5 Å². The van der Waals surface area contributed by atoms with Crippen molar-refractivity contribution in [2.75, 3.05) is 6.61 Å². The molecule has 0 unspecified atom stereocenters. The van der Waals surface area contributed by atoms with Gasteiger partial charge in [0.2, 0.25) is 0 Å². The number of benzene rings is 1. The molecule has 1 aliphatic carbocycles. The first-order chi connectivity index (χ1) is 15.2. The topological polar surface area (TPSA) is 95.0 Å². The minimum absolute atomic E-state index is 0.00625. The van der Waals surface area contributed by atoms with Gasteiger partial charge < -0.3 is 4.84 Å². The molecule has 1 aromatic heterocycles. The summed E-state index contributed by atoms with van der Waals surface area (Å²) >= 11 is 0. The van der Waals surface area contributed by atoms with Crippen LogP contribution in [-0.4, -0.2) is 22.3 Å². The molecule has 144 valence electrons. The summed E-state index contributed by atoms with van der Waals surface area (Å²) in [4.78, 5) is 13.6. The van der Waals surface area contributed by atoms with Crippen molar-refractivity contribution in [3.63, 3.8) is 0 Å². The molecule has 3 rings (SSSR count). The largest absolute Gasteiger partial charge is 0.396 e. The average Bonchev–Trinajstić information content (AvgIpc) is 3.12. The maximum atomic E-state index is 9.09. The van der Waals surface area contributed by atoms with E-state index >= 15 is 0 Å². The molecule has 6 heteroatoms. The highest BCUT2D eigenvalue weighted by atomic mass is 16.6. The van der Waals surface area contributed by atoms with E-state index in [0.717, 1.165) is 11.1 Å². The Morgan fingerprint density at radius 1 is 0.839 bits per heavy atom. The molecule has 0 amide bonds. The number of nitriles is 2. The molecule has 0 N–H and O–H groups in total. The van der Waals surface area contributed by atoms with Crippen molar-refractivity contribution in [1.29, 1.82) is 10.5 Å². The third-order valence-electron chi connectivity index (χ3n) is 3.54. The van der Waals surface area contributed by atoms with Crippen LogP contribution >= 0.6 is 0 Å². The van der Waals surface area contributed by atoms with Gasteiger partial charge in [0, 0.05) is 11.1 Å². The second-order valence-corrected chi connectivity index (χ2v) is 5.35. The number of fused-ring (bicyclic) bond motifs is 3. The molecule has 0 aliphatic heterocycles. The summed E-state index contributed by atoms with van der Waals surface area (Å²) in [5, 5.41) is 22.2. The Kier molecular flexibility index (Phi) is 8.20. The van der Waals surface area contributed by atoms with Gasteiger partial charge in [-0.1, -0.05) is 40.9 Å². The van der Waals surface area contributed by atoms with E-state index in [2.05, 4.69) is 74.1 Å². The van der Waals surface area contributed by atoms with Crippen molar-refractivity contribution in [3.05, 3.63) is 106 Å². The van der Waals surface area contributed by atoms with Crippen molar-refractivity contribution in [2.45, 2.75) is 6.92 Å². The van der Waals surface area contributed by atoms with E-state index in [1.54, 1.807) is 0 Å². The van der Waals surface area contributed by atoms with Gasteiger partial charge in [0.1, 0.15) is 35.8 Å². The zero-order valence-corrected chi connectivity index (χ0v) is 16.6. The van der Waals surface area contributed by atoms with Crippen LogP contribution in [0, 0.1) is 22.7 Å². The first-order valence-corrected chi connectivity index (χ1v) is 8.78. The summed E-state index contributed by atoms with van der Waals surface area (Å²) in [7, 11) is 0. The van der Waals surface area contributed by atoms with Crippen molar-refractivity contribution < 1.29 is 4.84 Å². The third-order valence-corrected chi connectivity index (χ3v) is 3.54. The Bertz CT molecular complexity index is 1390. The van der Waals surface area contributed by atoms with Crippen molar-refractivity contribution in [3.8, 4) is 23.4 Å². The third kappa shape index (κ3) is 5.38. The lowest BCUT2D eigenvalue weighted by Gasteiger charge is -2.01. The highest BCUT2D eigenvalue weighted by molar-refractivity contribution is 6.22. The fraction of sp³-hybridized carbons (Fsp3) is 0.0800. The van der Waals surface area contributed by atoms with E-state index in [1.165, 1.54) is 0 Å². The van der Waals surface area contributed by atoms with Gasteiger partial charge >= 0.3 is 0 Å². The summed E-state index contributed by atoms with van der Waals surface area (Å²) in [6.07, 6.45) is 0. The van der Waals surface area contributed by atoms with Crippen molar-refractivity contribution >= 4 is 5.71 Å². The molecule has 0 saturated carbocycles. The maximum absolute atomic E-state index is 9.09. The Hall–Kier alpha value is -5.27. The van der Waals surface area contributed by atoms with Crippen LogP contribution in [0.2, 0.25) is 0 Å². The van der Waals surface area contributed by atoms with Crippen LogP contribution in [0.5, 0.6) is 0 Å². The van der Waals surface area contributed by atoms with Crippen LogP contribution in [0.3, 0.4) is 0 Å². The molecule has 0 bridgehead atoms. The first-order valence-electron chi connectivity index (χ1n) is 8.78. The van der Waals surface area contributed by atoms with Gasteiger partial charge in [0.05, 0.1) is 0 Å². The second-order valence-electron chi connectivity index (χ2n) is 5.35. The summed E-state index contributed by atoms with van der Waals surface area (Å²) in [6, 6.07) is 11.3. The zero-order chi connectivity index (χ0) is 22.5. The number of oxime groups is 1. The number of hydrogen-bond donors (Lipinski definition) is 0. The molecule has 6 nitrogen and oxygen atoms in total. The van der Waals surface area contributed by atoms with Crippen LogP contribution in [0.25, 0.3) is 11.3 Å². The van der Waals surface area contributed by atoms with Crippen molar-refractivity contribution in [1.82, 2.24) is 9.97 Å². The first kappa shape index (κ1) is 22.0. The molecule has 0 atom stereocenters. The Balaban J connectivity index is 0.000000291. The van der Waals surface area contributed by atoms with E-state index in [1.807, 2.05) is 43.3 Å². The molecule has 1 aliphatic rings. The highest BCUT2D eigenvalue weighted by Gasteiger charge is 2.30. The van der Waals surface area contributed by atoms with Gasteiger partial charge in [0.15, 0.2) is 11.4 Å². The zero-order valence-electron chi connectivity index (χ0n) is 16.6. The van der Waals surface area contributed by atoms with Gasteiger partial charge in [-0.05, 0) is 54.5 Å². The Morgan fingerprint density at radius 2 is 1.35 bits per heavy atom. The number of aromatic nitrogens is 2. The number of nitrogens with zero attached hydrogens (tertiary/aromatic N) is 5. The van der Waals surface area contributed by atoms with Crippen LogP contribution < -0.4 is 0 Å². The normalized spacial score (nSPS) is 10.1. The predicted molar refractivity (Wildman–Crippen MR) is 114 cm³/mol. The Morgan fingerprint density at radius 3 is 1.87 bits per heavy atom. The summed E-state index contributed by atoms with van der Waals surface area (Å²) < 4.78 is 0. The van der Waals surface area contributed by atoms with Gasteiger partial charge in [-0.15, -0.1) is 0 Å². The predicted octanol–water partition coefficient (Wildman–Crippen LogP) is 4.03. The van der Waals surface area contributed by atoms with Gasteiger partial charge in [-0.3, -0.25) is 0 Å². The quantitative estimate of drug-likeness (QED) is 0.479. The fourth-order valence-corrected chi connectivity index (χ4v) is 2.40. The van der Waals surface area contributed by atoms with Crippen LogP contribution in [0.15, 0.2) is 88.4 Å². The van der Waals surface area contributed by atoms with Crippen LogP contribution in [0.4, 0.5) is 0 Å². The monoisotopic (exact) mass is 399 g/mol. The van der Waals surface area contributed by atoms with E-state index in [-0.39, 0.29) is 11.4 Å². The number of rotatable bonds is 2. The maximum Gasteiger partial charge on any atom is 0.177 e. The summed E-state index contributed by atoms with van der Waals surface area (Å²) in [5.74, 6) is 0. The average molecular weight is 399 g/mol. The molecule has 2 aromatic rings. The Labute approximate surface area is 179 Å². The molecular weight excluding hydrogens is 386 g/mol. The van der Waals surface area contributed by atoms with Crippen LogP contribution in [0.1, 0.15) is 29.6 Å². The molecule has 0 fully saturated rings. The molecule has 1 heterocycles. The fourth-order valence-electron chi connectivity index (χ4n) is 2.40. The van der Waals surface area contributed by atoms with Crippen molar-refractivity contribution in [2.24, 2.45) is 5.16 Å². The molecular formula is C25H13N5O. The second kappa shape index (κ2) is 11.5. The van der Waals surface area contributed by atoms with E-state index in [0.29, 0.717) is 23.7 Å². The van der Waals surface area contributed by atoms with Gasteiger partial charge in [0.25, 0.3) is 0 Å². The number of hydrogen-bond acceptors (Lipinski definition) is 6. The summed E-state index contributed by atoms with van der Waals surface area (Å²) in [6.45, 7) is 8.80. The molecule has 0 spiro atoms. The molecule has 0 saturated heterocycles. The molecule has 0 radical (unpaired) electrons. The lowest BCUT2D eigenvalue weighted by atomic mass is 10.1. The van der Waals surface area contributed by atoms with E-state index < -0.39 is 0 Å². The van der Waals surface area contributed by atoms with Crippen LogP contribution in [-0.2, 0) is 4.84 Å². The van der Waals surface area contributed by atoms with E-state index in [4.69, 9.17) is 15.4 Å². The SMILES string of the molecule is C=C=C=C=C=C=C=C=C=C.CCO/N=C1\c2ccccc2-c2nc(C#N)c(C#N)nc21. The highest BCUT2D eigenvalue weighted by Crippen LogP contribution is 2.34. The lowest BCUT2D eigenvalue weighted by molar-refractivity contribution is 0.159. The molecule has 1 aromatic carbocycles. The van der Waals surface area contributed by atoms with Gasteiger partial charge in [-0.25, -0.2) is 9.97 Å². The standard InChI is InChI=1S/C15H9N5O.C10H4/c1-2-21-20-14-10-6-4-3-5-9(10)13-15(14)19-12(8-17)11(7-16)18-13;1-3-5-7-9-10-8-6-4-2/h3-6H,2H2,1H3;1-2H2/b20-14+;. The smallest absolute Gasteiger partial charge is 0.177 e. The minimum Gasteiger partial charge on any atom is -0.396 e. The molecule has 31 heavy (non-hydrogen) atoms. The summed E-state index contributed by atoms with van der Waals surface area (Å²) in [5.41, 5.74) is 22.7. The van der Waals surface area contributed by atoms with E-state index in [9.17, 15) is 0 Å².